The van der Waals surface area contributed by atoms with E-state index in [4.69, 9.17) is 18.6 Å². The number of fused-ring (bicyclic) bond motifs is 1. The number of hydrogen-bond donors (Lipinski definition) is 0. The fourth-order valence-electron chi connectivity index (χ4n) is 3.50. The van der Waals surface area contributed by atoms with Gasteiger partial charge < -0.3 is 18.6 Å². The Morgan fingerprint density at radius 3 is 1.86 bits per heavy atom. The number of rotatable bonds is 13. The zero-order valence-corrected chi connectivity index (χ0v) is 22.3. The highest BCUT2D eigenvalue weighted by Gasteiger charge is 2.19. The lowest BCUT2D eigenvalue weighted by molar-refractivity contribution is 0.294. The number of hydrogen-bond acceptors (Lipinski definition) is 5. The number of para-hydroxylation sites is 1. The highest BCUT2D eigenvalue weighted by atomic mass is 16.5. The van der Waals surface area contributed by atoms with Crippen molar-refractivity contribution in [3.8, 4) is 17.2 Å². The second-order valence-corrected chi connectivity index (χ2v) is 9.25. The average Bonchev–Trinajstić information content (AvgIpc) is 2.79. The van der Waals surface area contributed by atoms with Crippen LogP contribution in [0.4, 0.5) is 0 Å². The molecule has 0 spiro atoms. The molecule has 0 atom stereocenters. The van der Waals surface area contributed by atoms with Gasteiger partial charge in [-0.05, 0) is 91.5 Å². The summed E-state index contributed by atoms with van der Waals surface area (Å²) in [6.07, 6.45) is 12.3. The Bertz CT molecular complexity index is 1150. The summed E-state index contributed by atoms with van der Waals surface area (Å²) in [5.74, 6) is 0.924. The summed E-state index contributed by atoms with van der Waals surface area (Å²) in [5.41, 5.74) is 4.81. The summed E-state index contributed by atoms with van der Waals surface area (Å²) < 4.78 is 23.0. The van der Waals surface area contributed by atoms with Crippen molar-refractivity contribution in [3.05, 3.63) is 75.2 Å². The first-order valence-electron chi connectivity index (χ1n) is 12.2. The van der Waals surface area contributed by atoms with Crippen molar-refractivity contribution in [2.24, 2.45) is 0 Å². The van der Waals surface area contributed by atoms with Crippen molar-refractivity contribution in [2.45, 2.75) is 67.2 Å². The number of allylic oxidation sites excluding steroid dienone is 6. The predicted octanol–water partition coefficient (Wildman–Crippen LogP) is 7.94. The van der Waals surface area contributed by atoms with Crippen LogP contribution in [-0.2, 0) is 0 Å². The van der Waals surface area contributed by atoms with Crippen LogP contribution in [-0.4, -0.2) is 20.3 Å². The van der Waals surface area contributed by atoms with Gasteiger partial charge in [-0.3, -0.25) is 0 Å². The quantitative estimate of drug-likeness (QED) is 0.215. The Morgan fingerprint density at radius 2 is 1.34 bits per heavy atom. The Balaban J connectivity index is 2.27. The fraction of sp³-hybridized carbons (Fsp3) is 0.433. The highest BCUT2D eigenvalue weighted by Crippen LogP contribution is 2.37. The van der Waals surface area contributed by atoms with Crippen LogP contribution in [0.2, 0.25) is 0 Å². The smallest absolute Gasteiger partial charge is 0.383 e. The molecule has 0 saturated carbocycles. The molecule has 1 aromatic carbocycles. The van der Waals surface area contributed by atoms with Crippen molar-refractivity contribution in [1.29, 1.82) is 0 Å². The molecule has 0 N–H and O–H groups in total. The van der Waals surface area contributed by atoms with Gasteiger partial charge in [0, 0.05) is 0 Å². The van der Waals surface area contributed by atoms with Crippen molar-refractivity contribution in [3.63, 3.8) is 0 Å². The lowest BCUT2D eigenvalue weighted by Gasteiger charge is -2.14. The van der Waals surface area contributed by atoms with E-state index in [0.717, 1.165) is 25.7 Å². The van der Waals surface area contributed by atoms with Crippen LogP contribution in [0.3, 0.4) is 0 Å². The van der Waals surface area contributed by atoms with Gasteiger partial charge in [0.1, 0.15) is 13.2 Å². The van der Waals surface area contributed by atoms with Crippen molar-refractivity contribution in [1.82, 2.24) is 0 Å². The maximum Gasteiger partial charge on any atom is 0.383 e. The molecule has 0 aliphatic carbocycles. The lowest BCUT2D eigenvalue weighted by atomic mass is 10.1. The first-order chi connectivity index (χ1) is 16.7. The summed E-state index contributed by atoms with van der Waals surface area (Å²) in [4.78, 5) is 12.9. The number of methoxy groups -OCH3 is 1. The SMILES string of the molecule is COc1cccc2c(OC/C=C(\C)CCC=C(C)C)c(OC/C=C(\C)CCC=C(C)C)c(=O)oc12. The minimum atomic E-state index is -0.586. The van der Waals surface area contributed by atoms with E-state index in [1.165, 1.54) is 22.3 Å². The molecule has 190 valence electrons. The second-order valence-electron chi connectivity index (χ2n) is 9.25. The van der Waals surface area contributed by atoms with Crippen LogP contribution < -0.4 is 19.8 Å². The van der Waals surface area contributed by atoms with Gasteiger partial charge in [-0.15, -0.1) is 0 Å². The summed E-state index contributed by atoms with van der Waals surface area (Å²) in [6.45, 7) is 13.1. The van der Waals surface area contributed by atoms with Gasteiger partial charge >= 0.3 is 5.63 Å². The highest BCUT2D eigenvalue weighted by molar-refractivity contribution is 5.89. The topological polar surface area (TPSA) is 57.9 Å². The molecule has 2 aromatic rings. The molecule has 5 heteroatoms. The van der Waals surface area contributed by atoms with Crippen LogP contribution in [0.5, 0.6) is 17.2 Å². The molecule has 2 rings (SSSR count). The molecule has 0 saturated heterocycles. The molecule has 0 radical (unpaired) electrons. The van der Waals surface area contributed by atoms with Gasteiger partial charge in [0.15, 0.2) is 17.1 Å². The minimum Gasteiger partial charge on any atom is -0.493 e. The van der Waals surface area contributed by atoms with E-state index >= 15 is 0 Å². The molecular weight excluding hydrogens is 440 g/mol. The third-order valence-electron chi connectivity index (χ3n) is 5.53. The van der Waals surface area contributed by atoms with Gasteiger partial charge in [-0.25, -0.2) is 4.79 Å². The molecule has 1 heterocycles. The molecule has 0 unspecified atom stereocenters. The summed E-state index contributed by atoms with van der Waals surface area (Å²) in [7, 11) is 1.54. The maximum atomic E-state index is 12.9. The predicted molar refractivity (Wildman–Crippen MR) is 145 cm³/mol. The summed E-state index contributed by atoms with van der Waals surface area (Å²) >= 11 is 0. The number of benzene rings is 1. The first kappa shape index (κ1) is 28.0. The Labute approximate surface area is 209 Å². The van der Waals surface area contributed by atoms with Crippen LogP contribution in [0.1, 0.15) is 67.2 Å². The lowest BCUT2D eigenvalue weighted by Crippen LogP contribution is -2.11. The molecule has 0 aliphatic heterocycles. The van der Waals surface area contributed by atoms with E-state index in [1.54, 1.807) is 13.2 Å². The van der Waals surface area contributed by atoms with E-state index in [2.05, 4.69) is 53.7 Å². The Kier molecular flexibility index (Phi) is 11.4. The van der Waals surface area contributed by atoms with E-state index in [-0.39, 0.29) is 12.4 Å². The zero-order valence-electron chi connectivity index (χ0n) is 22.3. The maximum absolute atomic E-state index is 12.9. The fourth-order valence-corrected chi connectivity index (χ4v) is 3.50. The normalized spacial score (nSPS) is 11.9. The first-order valence-corrected chi connectivity index (χ1v) is 12.2. The molecular formula is C30H40O5. The molecule has 35 heavy (non-hydrogen) atoms. The monoisotopic (exact) mass is 480 g/mol. The van der Waals surface area contributed by atoms with E-state index in [1.807, 2.05) is 24.3 Å². The Hall–Kier alpha value is -3.21. The molecule has 0 aliphatic rings. The van der Waals surface area contributed by atoms with E-state index < -0.39 is 5.63 Å². The van der Waals surface area contributed by atoms with Gasteiger partial charge in [-0.1, -0.05) is 40.5 Å². The molecule has 5 nitrogen and oxygen atoms in total. The van der Waals surface area contributed by atoms with Crippen LogP contribution in [0.25, 0.3) is 11.0 Å². The van der Waals surface area contributed by atoms with Crippen molar-refractivity contribution >= 4 is 11.0 Å². The largest absolute Gasteiger partial charge is 0.493 e. The Morgan fingerprint density at radius 1 is 0.800 bits per heavy atom. The van der Waals surface area contributed by atoms with E-state index in [9.17, 15) is 4.79 Å². The van der Waals surface area contributed by atoms with Crippen LogP contribution in [0, 0.1) is 0 Å². The van der Waals surface area contributed by atoms with Gasteiger partial charge in [-0.2, -0.15) is 0 Å². The minimum absolute atomic E-state index is 0.0784. The van der Waals surface area contributed by atoms with Gasteiger partial charge in [0.2, 0.25) is 5.75 Å². The van der Waals surface area contributed by atoms with Crippen molar-refractivity contribution in [2.75, 3.05) is 20.3 Å². The second kappa shape index (κ2) is 14.2. The zero-order chi connectivity index (χ0) is 25.8. The third-order valence-corrected chi connectivity index (χ3v) is 5.53. The summed E-state index contributed by atoms with van der Waals surface area (Å²) in [5, 5.41) is 0.638. The molecule has 0 fully saturated rings. The van der Waals surface area contributed by atoms with Gasteiger partial charge in [0.05, 0.1) is 12.5 Å². The van der Waals surface area contributed by atoms with Crippen LogP contribution >= 0.6 is 0 Å². The van der Waals surface area contributed by atoms with Gasteiger partial charge in [0.25, 0.3) is 0 Å². The van der Waals surface area contributed by atoms with Crippen molar-refractivity contribution < 1.29 is 18.6 Å². The average molecular weight is 481 g/mol. The van der Waals surface area contributed by atoms with Crippen LogP contribution in [0.15, 0.2) is 74.0 Å². The standard InChI is InChI=1S/C30H40O5/c1-21(2)11-8-13-23(5)17-19-33-28-25-15-10-16-26(32-7)27(25)35-30(31)29(28)34-20-18-24(6)14-9-12-22(3)4/h10-12,15-18H,8-9,13-14,19-20H2,1-7H3/b23-17+,24-18+. The van der Waals surface area contributed by atoms with E-state index in [0.29, 0.717) is 29.1 Å². The number of ether oxygens (including phenoxy) is 3. The summed E-state index contributed by atoms with van der Waals surface area (Å²) in [6, 6.07) is 5.43. The molecule has 0 amide bonds. The third kappa shape index (κ3) is 9.16. The molecule has 0 bridgehead atoms. The molecule has 1 aromatic heterocycles.